The molecule has 1 saturated carbocycles. The number of fused-ring (bicyclic) bond motifs is 1. The van der Waals surface area contributed by atoms with Crippen LogP contribution in [0.1, 0.15) is 62.0 Å². The molecule has 2 aromatic heterocycles. The lowest BCUT2D eigenvalue weighted by Crippen LogP contribution is -2.28. The number of halogens is 3. The number of alkyl halides is 2. The molecule has 9 heteroatoms. The number of hydrogen-bond acceptors (Lipinski definition) is 6. The topological polar surface area (TPSA) is 83.0 Å². The fourth-order valence-electron chi connectivity index (χ4n) is 4.12. The van der Waals surface area contributed by atoms with Crippen LogP contribution >= 0.6 is 0 Å². The van der Waals surface area contributed by atoms with E-state index in [-0.39, 0.29) is 17.7 Å². The maximum absolute atomic E-state index is 14.6. The van der Waals surface area contributed by atoms with E-state index in [0.717, 1.165) is 31.7 Å². The zero-order valence-corrected chi connectivity index (χ0v) is 17.9. The van der Waals surface area contributed by atoms with Crippen LogP contribution in [0.25, 0.3) is 10.9 Å². The van der Waals surface area contributed by atoms with Crippen molar-refractivity contribution in [1.29, 1.82) is 0 Å². The van der Waals surface area contributed by atoms with Crippen LogP contribution < -0.4 is 10.6 Å². The van der Waals surface area contributed by atoms with Gasteiger partial charge in [-0.05, 0) is 45.6 Å². The number of hydrogen-bond donors (Lipinski definition) is 3. The lowest BCUT2D eigenvalue weighted by atomic mass is 9.93. The molecular formula is C23H26F3N5O. The summed E-state index contributed by atoms with van der Waals surface area (Å²) >= 11 is 0. The van der Waals surface area contributed by atoms with Crippen molar-refractivity contribution in [2.75, 3.05) is 10.6 Å². The molecule has 4 rings (SSSR count). The van der Waals surface area contributed by atoms with Crippen LogP contribution in [0, 0.1) is 12.7 Å². The van der Waals surface area contributed by atoms with E-state index in [0.29, 0.717) is 28.4 Å². The maximum Gasteiger partial charge on any atom is 0.266 e. The summed E-state index contributed by atoms with van der Waals surface area (Å²) in [6.45, 7) is 3.44. The normalized spacial score (nSPS) is 19.8. The zero-order chi connectivity index (χ0) is 22.8. The number of aryl methyl sites for hydroxylation is 1. The number of nitrogens with one attached hydrogen (secondary N) is 2. The lowest BCUT2D eigenvalue weighted by Gasteiger charge is -2.26. The van der Waals surface area contributed by atoms with Crippen LogP contribution in [-0.4, -0.2) is 32.2 Å². The van der Waals surface area contributed by atoms with Gasteiger partial charge in [0.2, 0.25) is 0 Å². The Kier molecular flexibility index (Phi) is 6.45. The van der Waals surface area contributed by atoms with E-state index < -0.39 is 23.8 Å². The second kappa shape index (κ2) is 9.28. The van der Waals surface area contributed by atoms with Crippen molar-refractivity contribution < 1.29 is 18.3 Å². The molecule has 0 aliphatic heterocycles. The second-order valence-electron chi connectivity index (χ2n) is 8.27. The predicted octanol–water partition coefficient (Wildman–Crippen LogP) is 5.30. The molecular weight excluding hydrogens is 419 g/mol. The summed E-state index contributed by atoms with van der Waals surface area (Å²) < 4.78 is 40.8. The highest BCUT2D eigenvalue weighted by molar-refractivity contribution is 5.90. The van der Waals surface area contributed by atoms with E-state index in [1.807, 2.05) is 6.07 Å². The third-order valence-corrected chi connectivity index (χ3v) is 5.86. The molecule has 0 bridgehead atoms. The number of anilines is 2. The summed E-state index contributed by atoms with van der Waals surface area (Å²) in [6.07, 6.45) is 1.74. The van der Waals surface area contributed by atoms with E-state index in [1.54, 1.807) is 20.0 Å². The highest BCUT2D eigenvalue weighted by Gasteiger charge is 2.22. The van der Waals surface area contributed by atoms with Crippen LogP contribution in [0.2, 0.25) is 0 Å². The quantitative estimate of drug-likeness (QED) is 0.478. The molecule has 32 heavy (non-hydrogen) atoms. The lowest BCUT2D eigenvalue weighted by molar-refractivity contribution is 0.126. The van der Waals surface area contributed by atoms with Crippen molar-refractivity contribution >= 4 is 22.5 Å². The Morgan fingerprint density at radius 2 is 1.81 bits per heavy atom. The van der Waals surface area contributed by atoms with Gasteiger partial charge in [0.1, 0.15) is 23.3 Å². The van der Waals surface area contributed by atoms with Gasteiger partial charge in [-0.15, -0.1) is 0 Å². The first-order chi connectivity index (χ1) is 15.3. The van der Waals surface area contributed by atoms with Crippen molar-refractivity contribution in [2.24, 2.45) is 0 Å². The zero-order valence-electron chi connectivity index (χ0n) is 17.9. The molecule has 1 aliphatic rings. The van der Waals surface area contributed by atoms with Gasteiger partial charge in [-0.2, -0.15) is 0 Å². The number of aliphatic hydroxyl groups excluding tert-OH is 1. The molecule has 1 unspecified atom stereocenters. The molecule has 170 valence electrons. The second-order valence-corrected chi connectivity index (χ2v) is 8.27. The van der Waals surface area contributed by atoms with Gasteiger partial charge in [0, 0.05) is 17.0 Å². The minimum atomic E-state index is -2.88. The van der Waals surface area contributed by atoms with Gasteiger partial charge in [-0.25, -0.2) is 28.1 Å². The summed E-state index contributed by atoms with van der Waals surface area (Å²) in [5.74, 6) is 0.734. The molecule has 1 aromatic carbocycles. The standard InChI is InChI=1S/C23H26F3N5O/c1-12(16-4-3-5-17(21(16)24)22(25)26)28-23-18-10-20(27-11-19(18)29-13(2)30-23)31-14-6-8-15(32)9-7-14/h3-5,10-12,14-15,22,32H,6-9H2,1-2H3,(H,27,31)(H,28,29,30). The fourth-order valence-corrected chi connectivity index (χ4v) is 4.12. The Balaban J connectivity index is 1.62. The maximum atomic E-state index is 14.6. The molecule has 0 radical (unpaired) electrons. The highest BCUT2D eigenvalue weighted by Crippen LogP contribution is 2.31. The molecule has 1 aliphatic carbocycles. The largest absolute Gasteiger partial charge is 0.393 e. The van der Waals surface area contributed by atoms with Gasteiger partial charge in [0.25, 0.3) is 6.43 Å². The van der Waals surface area contributed by atoms with Crippen LogP contribution in [0.4, 0.5) is 24.8 Å². The van der Waals surface area contributed by atoms with E-state index in [9.17, 15) is 18.3 Å². The number of pyridine rings is 1. The Morgan fingerprint density at radius 3 is 2.53 bits per heavy atom. The average Bonchev–Trinajstić information content (AvgIpc) is 2.75. The monoisotopic (exact) mass is 445 g/mol. The van der Waals surface area contributed by atoms with Crippen molar-refractivity contribution in [2.45, 2.75) is 64.1 Å². The minimum absolute atomic E-state index is 0.139. The van der Waals surface area contributed by atoms with Crippen LogP contribution in [-0.2, 0) is 0 Å². The van der Waals surface area contributed by atoms with Crippen molar-refractivity contribution in [1.82, 2.24) is 15.0 Å². The first kappa shape index (κ1) is 22.3. The van der Waals surface area contributed by atoms with Crippen molar-refractivity contribution in [3.63, 3.8) is 0 Å². The first-order valence-electron chi connectivity index (χ1n) is 10.7. The Morgan fingerprint density at radius 1 is 1.09 bits per heavy atom. The third-order valence-electron chi connectivity index (χ3n) is 5.86. The fraction of sp³-hybridized carbons (Fsp3) is 0.435. The molecule has 0 amide bonds. The number of nitrogens with zero attached hydrogens (tertiary/aromatic N) is 3. The molecule has 3 aromatic rings. The van der Waals surface area contributed by atoms with Gasteiger partial charge in [-0.3, -0.25) is 0 Å². The minimum Gasteiger partial charge on any atom is -0.393 e. The third kappa shape index (κ3) is 4.77. The number of aliphatic hydroxyl groups is 1. The van der Waals surface area contributed by atoms with Gasteiger partial charge >= 0.3 is 0 Å². The summed E-state index contributed by atoms with van der Waals surface area (Å²) in [5, 5.41) is 17.0. The molecule has 3 N–H and O–H groups in total. The molecule has 1 fully saturated rings. The molecule has 1 atom stereocenters. The molecule has 2 heterocycles. The van der Waals surface area contributed by atoms with Crippen LogP contribution in [0.15, 0.2) is 30.5 Å². The first-order valence-corrected chi connectivity index (χ1v) is 10.7. The Hall–Kier alpha value is -2.94. The van der Waals surface area contributed by atoms with E-state index >= 15 is 0 Å². The molecule has 0 saturated heterocycles. The number of rotatable bonds is 6. The summed E-state index contributed by atoms with van der Waals surface area (Å²) in [5.41, 5.74) is 0.146. The van der Waals surface area contributed by atoms with Crippen LogP contribution in [0.5, 0.6) is 0 Å². The van der Waals surface area contributed by atoms with E-state index in [1.165, 1.54) is 12.1 Å². The molecule has 6 nitrogen and oxygen atoms in total. The van der Waals surface area contributed by atoms with Crippen molar-refractivity contribution in [3.05, 3.63) is 53.2 Å². The summed E-state index contributed by atoms with van der Waals surface area (Å²) in [7, 11) is 0. The predicted molar refractivity (Wildman–Crippen MR) is 117 cm³/mol. The van der Waals surface area contributed by atoms with Crippen LogP contribution in [0.3, 0.4) is 0 Å². The van der Waals surface area contributed by atoms with E-state index in [2.05, 4.69) is 25.6 Å². The Bertz CT molecular complexity index is 1100. The average molecular weight is 445 g/mol. The van der Waals surface area contributed by atoms with E-state index in [4.69, 9.17) is 0 Å². The van der Waals surface area contributed by atoms with Gasteiger partial charge in [0.05, 0.1) is 29.4 Å². The number of aromatic nitrogens is 3. The van der Waals surface area contributed by atoms with Gasteiger partial charge < -0.3 is 15.7 Å². The number of benzene rings is 1. The van der Waals surface area contributed by atoms with Gasteiger partial charge in [0.15, 0.2) is 0 Å². The Labute approximate surface area is 184 Å². The smallest absolute Gasteiger partial charge is 0.266 e. The van der Waals surface area contributed by atoms with Crippen molar-refractivity contribution in [3.8, 4) is 0 Å². The molecule has 0 spiro atoms. The van der Waals surface area contributed by atoms with Gasteiger partial charge in [-0.1, -0.05) is 18.2 Å². The SMILES string of the molecule is Cc1nc(NC(C)c2cccc(C(F)F)c2F)c2cc(NC3CCC(O)CC3)ncc2n1. The summed E-state index contributed by atoms with van der Waals surface area (Å²) in [4.78, 5) is 13.3. The summed E-state index contributed by atoms with van der Waals surface area (Å²) in [6, 6.07) is 5.46. The highest BCUT2D eigenvalue weighted by atomic mass is 19.3.